The van der Waals surface area contributed by atoms with Crippen LogP contribution in [0.15, 0.2) is 22.7 Å². The van der Waals surface area contributed by atoms with Crippen LogP contribution in [-0.2, 0) is 11.3 Å². The van der Waals surface area contributed by atoms with E-state index in [1.54, 1.807) is 0 Å². The van der Waals surface area contributed by atoms with Gasteiger partial charge in [-0.1, -0.05) is 28.1 Å². The molecule has 94 valence electrons. The molecule has 0 unspecified atom stereocenters. The van der Waals surface area contributed by atoms with Crippen molar-refractivity contribution in [2.24, 2.45) is 5.73 Å². The topological polar surface area (TPSA) is 55.1 Å². The van der Waals surface area contributed by atoms with Gasteiger partial charge in [-0.15, -0.1) is 0 Å². The largest absolute Gasteiger partial charge is 0.370 e. The van der Waals surface area contributed by atoms with Gasteiger partial charge in [0.1, 0.15) is 0 Å². The Morgan fingerprint density at radius 1 is 1.47 bits per heavy atom. The number of hydrogen-bond donors (Lipinski definition) is 2. The smallest absolute Gasteiger partial charge is 0.219 e. The maximum Gasteiger partial charge on any atom is 0.219 e. The second-order valence-corrected chi connectivity index (χ2v) is 5.82. The number of benzene rings is 1. The van der Waals surface area contributed by atoms with Gasteiger partial charge in [-0.2, -0.15) is 0 Å². The summed E-state index contributed by atoms with van der Waals surface area (Å²) in [5.41, 5.74) is 7.32. The van der Waals surface area contributed by atoms with Crippen LogP contribution in [0.25, 0.3) is 0 Å². The Morgan fingerprint density at radius 3 is 2.65 bits per heavy atom. The minimum atomic E-state index is -0.285. The van der Waals surface area contributed by atoms with Crippen molar-refractivity contribution in [2.75, 3.05) is 0 Å². The molecule has 1 amide bonds. The maximum atomic E-state index is 10.9. The summed E-state index contributed by atoms with van der Waals surface area (Å²) < 4.78 is 1.10. The summed E-state index contributed by atoms with van der Waals surface area (Å²) in [6.07, 6.45) is 0.333. The molecule has 1 aromatic rings. The van der Waals surface area contributed by atoms with Gasteiger partial charge in [-0.05, 0) is 38.0 Å². The van der Waals surface area contributed by atoms with Crippen LogP contribution in [0.2, 0.25) is 0 Å². The van der Waals surface area contributed by atoms with E-state index in [9.17, 15) is 4.79 Å². The van der Waals surface area contributed by atoms with Crippen molar-refractivity contribution in [3.8, 4) is 0 Å². The lowest BCUT2D eigenvalue weighted by Crippen LogP contribution is -2.42. The predicted molar refractivity (Wildman–Crippen MR) is 73.6 cm³/mol. The van der Waals surface area contributed by atoms with E-state index in [0.29, 0.717) is 6.42 Å². The Kier molecular flexibility index (Phi) is 4.71. The number of amides is 1. The van der Waals surface area contributed by atoms with Gasteiger partial charge >= 0.3 is 0 Å². The van der Waals surface area contributed by atoms with Crippen molar-refractivity contribution < 1.29 is 4.79 Å². The summed E-state index contributed by atoms with van der Waals surface area (Å²) in [5, 5.41) is 3.33. The van der Waals surface area contributed by atoms with Gasteiger partial charge in [0.2, 0.25) is 5.91 Å². The summed E-state index contributed by atoms with van der Waals surface area (Å²) in [6, 6.07) is 6.23. The molecule has 17 heavy (non-hydrogen) atoms. The fraction of sp³-hybridized carbons (Fsp3) is 0.462. The molecule has 3 N–H and O–H groups in total. The first-order chi connectivity index (χ1) is 7.80. The van der Waals surface area contributed by atoms with Gasteiger partial charge in [-0.25, -0.2) is 0 Å². The maximum absolute atomic E-state index is 10.9. The van der Waals surface area contributed by atoms with Gasteiger partial charge < -0.3 is 11.1 Å². The summed E-state index contributed by atoms with van der Waals surface area (Å²) in [5.74, 6) is -0.285. The second kappa shape index (κ2) is 5.65. The van der Waals surface area contributed by atoms with Crippen LogP contribution < -0.4 is 11.1 Å². The van der Waals surface area contributed by atoms with Crippen LogP contribution in [0.5, 0.6) is 0 Å². The lowest BCUT2D eigenvalue weighted by Gasteiger charge is -2.25. The first kappa shape index (κ1) is 14.2. The highest BCUT2D eigenvalue weighted by Gasteiger charge is 2.19. The summed E-state index contributed by atoms with van der Waals surface area (Å²) in [4.78, 5) is 10.9. The number of aryl methyl sites for hydroxylation is 1. The number of nitrogens with one attached hydrogen (secondary N) is 1. The summed E-state index contributed by atoms with van der Waals surface area (Å²) in [7, 11) is 0. The Morgan fingerprint density at radius 2 is 2.12 bits per heavy atom. The standard InChI is InChI=1S/C13H19BrN2O/c1-9-4-5-10(6-11(9)14)8-16-13(2,3)7-12(15)17/h4-6,16H,7-8H2,1-3H3,(H2,15,17). The highest BCUT2D eigenvalue weighted by atomic mass is 79.9. The van der Waals surface area contributed by atoms with Crippen LogP contribution in [0.3, 0.4) is 0 Å². The van der Waals surface area contributed by atoms with E-state index < -0.39 is 0 Å². The minimum Gasteiger partial charge on any atom is -0.370 e. The third-order valence-electron chi connectivity index (χ3n) is 2.62. The Bertz CT molecular complexity index is 416. The number of rotatable bonds is 5. The quantitative estimate of drug-likeness (QED) is 0.877. The number of carbonyl (C=O) groups is 1. The number of halogens is 1. The molecule has 0 aliphatic carbocycles. The van der Waals surface area contributed by atoms with E-state index in [-0.39, 0.29) is 11.4 Å². The molecule has 1 rings (SSSR count). The van der Waals surface area contributed by atoms with Crippen LogP contribution in [0.4, 0.5) is 0 Å². The Labute approximate surface area is 111 Å². The van der Waals surface area contributed by atoms with Gasteiger partial charge in [0, 0.05) is 23.0 Å². The van der Waals surface area contributed by atoms with Gasteiger partial charge in [-0.3, -0.25) is 4.79 Å². The highest BCUT2D eigenvalue weighted by molar-refractivity contribution is 9.10. The molecule has 0 aliphatic heterocycles. The van der Waals surface area contributed by atoms with E-state index in [1.165, 1.54) is 11.1 Å². The van der Waals surface area contributed by atoms with Crippen LogP contribution in [0, 0.1) is 6.92 Å². The Hall–Kier alpha value is -0.870. The zero-order chi connectivity index (χ0) is 13.1. The van der Waals surface area contributed by atoms with E-state index in [2.05, 4.69) is 46.4 Å². The van der Waals surface area contributed by atoms with Crippen LogP contribution >= 0.6 is 15.9 Å². The first-order valence-electron chi connectivity index (χ1n) is 5.58. The molecule has 3 nitrogen and oxygen atoms in total. The molecule has 0 saturated heterocycles. The lowest BCUT2D eigenvalue weighted by atomic mass is 10.00. The molecule has 0 fully saturated rings. The SMILES string of the molecule is Cc1ccc(CNC(C)(C)CC(N)=O)cc1Br. The fourth-order valence-corrected chi connectivity index (χ4v) is 2.01. The van der Waals surface area contributed by atoms with Gasteiger partial charge in [0.05, 0.1) is 0 Å². The minimum absolute atomic E-state index is 0.275. The second-order valence-electron chi connectivity index (χ2n) is 4.96. The summed E-state index contributed by atoms with van der Waals surface area (Å²) >= 11 is 3.50. The average Bonchev–Trinajstić information content (AvgIpc) is 2.18. The highest BCUT2D eigenvalue weighted by Crippen LogP contribution is 2.18. The number of hydrogen-bond acceptors (Lipinski definition) is 2. The first-order valence-corrected chi connectivity index (χ1v) is 6.38. The number of primary amides is 1. The Balaban J connectivity index is 2.60. The lowest BCUT2D eigenvalue weighted by molar-refractivity contribution is -0.119. The van der Waals surface area contributed by atoms with Crippen molar-refractivity contribution in [3.63, 3.8) is 0 Å². The molecule has 1 aromatic carbocycles. The molecular weight excluding hydrogens is 280 g/mol. The zero-order valence-electron chi connectivity index (χ0n) is 10.5. The van der Waals surface area contributed by atoms with E-state index in [1.807, 2.05) is 13.8 Å². The summed E-state index contributed by atoms with van der Waals surface area (Å²) in [6.45, 7) is 6.72. The normalized spacial score (nSPS) is 11.5. The van der Waals surface area contributed by atoms with Gasteiger partial charge in [0.15, 0.2) is 0 Å². The van der Waals surface area contributed by atoms with Crippen LogP contribution in [0.1, 0.15) is 31.4 Å². The van der Waals surface area contributed by atoms with Crippen molar-refractivity contribution in [2.45, 2.75) is 39.3 Å². The van der Waals surface area contributed by atoms with E-state index >= 15 is 0 Å². The van der Waals surface area contributed by atoms with Gasteiger partial charge in [0.25, 0.3) is 0 Å². The predicted octanol–water partition coefficient (Wildman–Crippen LogP) is 2.50. The monoisotopic (exact) mass is 298 g/mol. The molecule has 0 spiro atoms. The average molecular weight is 299 g/mol. The third kappa shape index (κ3) is 4.88. The molecular formula is C13H19BrN2O. The number of carbonyl (C=O) groups excluding carboxylic acids is 1. The van der Waals surface area contributed by atoms with E-state index in [4.69, 9.17) is 5.73 Å². The molecule has 0 aliphatic rings. The van der Waals surface area contributed by atoms with Crippen molar-refractivity contribution >= 4 is 21.8 Å². The molecule has 0 aromatic heterocycles. The van der Waals surface area contributed by atoms with Crippen molar-refractivity contribution in [3.05, 3.63) is 33.8 Å². The molecule has 0 saturated carbocycles. The zero-order valence-corrected chi connectivity index (χ0v) is 12.1. The third-order valence-corrected chi connectivity index (χ3v) is 3.48. The molecule has 4 heteroatoms. The van der Waals surface area contributed by atoms with E-state index in [0.717, 1.165) is 11.0 Å². The van der Waals surface area contributed by atoms with Crippen LogP contribution in [-0.4, -0.2) is 11.4 Å². The molecule has 0 bridgehead atoms. The molecule has 0 atom stereocenters. The molecule has 0 heterocycles. The van der Waals surface area contributed by atoms with Crippen molar-refractivity contribution in [1.82, 2.24) is 5.32 Å². The number of nitrogens with two attached hydrogens (primary N) is 1. The molecule has 0 radical (unpaired) electrons. The fourth-order valence-electron chi connectivity index (χ4n) is 1.59. The van der Waals surface area contributed by atoms with Crippen molar-refractivity contribution in [1.29, 1.82) is 0 Å².